The first-order valence-corrected chi connectivity index (χ1v) is 5.21. The van der Waals surface area contributed by atoms with Crippen molar-refractivity contribution in [2.45, 2.75) is 32.7 Å². The van der Waals surface area contributed by atoms with E-state index in [2.05, 4.69) is 31.1 Å². The van der Waals surface area contributed by atoms with E-state index in [4.69, 9.17) is 0 Å². The Balaban J connectivity index is 2.24. The Bertz CT molecular complexity index is 117. The molecule has 0 heterocycles. The minimum absolute atomic E-state index is 0.741. The first-order chi connectivity index (χ1) is 5.81. The van der Waals surface area contributed by atoms with E-state index < -0.39 is 0 Å². The van der Waals surface area contributed by atoms with Gasteiger partial charge in [-0.15, -0.1) is 0 Å². The second kappa shape index (κ2) is 4.83. The molecule has 0 aromatic heterocycles. The van der Waals surface area contributed by atoms with E-state index in [1.807, 2.05) is 0 Å². The third-order valence-corrected chi connectivity index (χ3v) is 2.91. The number of nitrogens with one attached hydrogen (secondary N) is 1. The minimum atomic E-state index is 0.741. The van der Waals surface area contributed by atoms with Crippen molar-refractivity contribution in [1.82, 2.24) is 10.2 Å². The molecule has 0 aromatic carbocycles. The van der Waals surface area contributed by atoms with Gasteiger partial charge in [-0.25, -0.2) is 0 Å². The largest absolute Gasteiger partial charge is 0.315 e. The molecule has 12 heavy (non-hydrogen) atoms. The molecule has 1 aliphatic carbocycles. The predicted molar refractivity (Wildman–Crippen MR) is 53.4 cm³/mol. The van der Waals surface area contributed by atoms with Crippen molar-refractivity contribution in [1.29, 1.82) is 0 Å². The second-order valence-corrected chi connectivity index (χ2v) is 3.72. The maximum absolute atomic E-state index is 3.42. The van der Waals surface area contributed by atoms with Crippen molar-refractivity contribution in [3.63, 3.8) is 0 Å². The normalized spacial score (nSPS) is 20.0. The first-order valence-electron chi connectivity index (χ1n) is 5.21. The summed E-state index contributed by atoms with van der Waals surface area (Å²) in [6.07, 6.45) is 2.87. The summed E-state index contributed by atoms with van der Waals surface area (Å²) in [5.74, 6) is 0.968. The average molecular weight is 170 g/mol. The SMILES string of the molecule is CCN(CC)C[C@H](NC)C1CC1. The lowest BCUT2D eigenvalue weighted by Gasteiger charge is -2.24. The van der Waals surface area contributed by atoms with Crippen molar-refractivity contribution in [3.8, 4) is 0 Å². The summed E-state index contributed by atoms with van der Waals surface area (Å²) in [6.45, 7) is 8.07. The van der Waals surface area contributed by atoms with Gasteiger partial charge in [0.15, 0.2) is 0 Å². The highest BCUT2D eigenvalue weighted by atomic mass is 15.1. The molecular weight excluding hydrogens is 148 g/mol. The lowest BCUT2D eigenvalue weighted by Crippen LogP contribution is -2.40. The van der Waals surface area contributed by atoms with Gasteiger partial charge in [0.05, 0.1) is 0 Å². The second-order valence-electron chi connectivity index (χ2n) is 3.72. The molecule has 1 N–H and O–H groups in total. The molecule has 0 bridgehead atoms. The van der Waals surface area contributed by atoms with Crippen molar-refractivity contribution >= 4 is 0 Å². The van der Waals surface area contributed by atoms with Crippen molar-refractivity contribution in [2.24, 2.45) is 5.92 Å². The highest BCUT2D eigenvalue weighted by molar-refractivity contribution is 4.87. The molecule has 2 nitrogen and oxygen atoms in total. The van der Waals surface area contributed by atoms with Crippen LogP contribution in [0, 0.1) is 5.92 Å². The van der Waals surface area contributed by atoms with E-state index >= 15 is 0 Å². The molecule has 2 heteroatoms. The van der Waals surface area contributed by atoms with E-state index in [9.17, 15) is 0 Å². The van der Waals surface area contributed by atoms with Crippen LogP contribution in [-0.4, -0.2) is 37.6 Å². The molecule has 0 radical (unpaired) electrons. The summed E-state index contributed by atoms with van der Waals surface area (Å²) >= 11 is 0. The molecule has 0 saturated heterocycles. The van der Waals surface area contributed by atoms with Gasteiger partial charge in [0.25, 0.3) is 0 Å². The third kappa shape index (κ3) is 2.76. The Morgan fingerprint density at radius 3 is 2.25 bits per heavy atom. The quantitative estimate of drug-likeness (QED) is 0.647. The zero-order valence-corrected chi connectivity index (χ0v) is 8.64. The average Bonchev–Trinajstić information content (AvgIpc) is 2.90. The number of likely N-dealkylation sites (N-methyl/N-ethyl adjacent to an activating group) is 2. The minimum Gasteiger partial charge on any atom is -0.315 e. The van der Waals surface area contributed by atoms with Gasteiger partial charge >= 0.3 is 0 Å². The Labute approximate surface area is 76.3 Å². The monoisotopic (exact) mass is 170 g/mol. The molecule has 72 valence electrons. The van der Waals surface area contributed by atoms with Crippen LogP contribution >= 0.6 is 0 Å². The van der Waals surface area contributed by atoms with Crippen LogP contribution in [0.2, 0.25) is 0 Å². The third-order valence-electron chi connectivity index (χ3n) is 2.91. The van der Waals surface area contributed by atoms with Gasteiger partial charge in [-0.1, -0.05) is 13.8 Å². The van der Waals surface area contributed by atoms with Gasteiger partial charge in [-0.05, 0) is 38.9 Å². The van der Waals surface area contributed by atoms with Crippen LogP contribution in [-0.2, 0) is 0 Å². The molecule has 1 aliphatic rings. The highest BCUT2D eigenvalue weighted by Gasteiger charge is 2.30. The van der Waals surface area contributed by atoms with Crippen LogP contribution in [0.15, 0.2) is 0 Å². The standard InChI is InChI=1S/C10H22N2/c1-4-12(5-2)8-10(11-3)9-6-7-9/h9-11H,4-8H2,1-3H3/t10-/m0/s1. The topological polar surface area (TPSA) is 15.3 Å². The van der Waals surface area contributed by atoms with Crippen molar-refractivity contribution in [2.75, 3.05) is 26.7 Å². The fraction of sp³-hybridized carbons (Fsp3) is 1.00. The van der Waals surface area contributed by atoms with Crippen molar-refractivity contribution < 1.29 is 0 Å². The maximum atomic E-state index is 3.42. The number of rotatable bonds is 6. The number of hydrogen-bond acceptors (Lipinski definition) is 2. The summed E-state index contributed by atoms with van der Waals surface area (Å²) in [7, 11) is 2.09. The Kier molecular flexibility index (Phi) is 4.02. The van der Waals surface area contributed by atoms with Gasteiger partial charge in [-0.3, -0.25) is 0 Å². The highest BCUT2D eigenvalue weighted by Crippen LogP contribution is 2.32. The summed E-state index contributed by atoms with van der Waals surface area (Å²) < 4.78 is 0. The van der Waals surface area contributed by atoms with E-state index in [1.54, 1.807) is 0 Å². The lowest BCUT2D eigenvalue weighted by molar-refractivity contribution is 0.257. The molecule has 1 rings (SSSR count). The Morgan fingerprint density at radius 2 is 1.92 bits per heavy atom. The van der Waals surface area contributed by atoms with Crippen LogP contribution in [0.1, 0.15) is 26.7 Å². The van der Waals surface area contributed by atoms with Crippen LogP contribution in [0.5, 0.6) is 0 Å². The predicted octanol–water partition coefficient (Wildman–Crippen LogP) is 1.33. The van der Waals surface area contributed by atoms with Crippen LogP contribution < -0.4 is 5.32 Å². The molecule has 1 fully saturated rings. The Morgan fingerprint density at radius 1 is 1.33 bits per heavy atom. The number of hydrogen-bond donors (Lipinski definition) is 1. The van der Waals surface area contributed by atoms with Gasteiger partial charge in [0.1, 0.15) is 0 Å². The van der Waals surface area contributed by atoms with Gasteiger partial charge in [-0.2, -0.15) is 0 Å². The van der Waals surface area contributed by atoms with E-state index in [0.29, 0.717) is 0 Å². The lowest BCUT2D eigenvalue weighted by atomic mass is 10.2. The summed E-state index contributed by atoms with van der Waals surface area (Å²) in [5.41, 5.74) is 0. The van der Waals surface area contributed by atoms with Crippen molar-refractivity contribution in [3.05, 3.63) is 0 Å². The summed E-state index contributed by atoms with van der Waals surface area (Å²) in [4.78, 5) is 2.50. The number of nitrogens with zero attached hydrogens (tertiary/aromatic N) is 1. The van der Waals surface area contributed by atoms with Gasteiger partial charge in [0, 0.05) is 12.6 Å². The van der Waals surface area contributed by atoms with E-state index in [1.165, 1.54) is 32.5 Å². The van der Waals surface area contributed by atoms with E-state index in [0.717, 1.165) is 12.0 Å². The zero-order chi connectivity index (χ0) is 8.97. The molecule has 1 atom stereocenters. The first kappa shape index (κ1) is 10.0. The molecule has 0 amide bonds. The van der Waals surface area contributed by atoms with Gasteiger partial charge < -0.3 is 10.2 Å². The summed E-state index contributed by atoms with van der Waals surface area (Å²) in [6, 6.07) is 0.741. The fourth-order valence-corrected chi connectivity index (χ4v) is 1.73. The van der Waals surface area contributed by atoms with Crippen LogP contribution in [0.4, 0.5) is 0 Å². The molecule has 1 saturated carbocycles. The maximum Gasteiger partial charge on any atom is 0.0220 e. The molecule has 0 unspecified atom stereocenters. The fourth-order valence-electron chi connectivity index (χ4n) is 1.73. The zero-order valence-electron chi connectivity index (χ0n) is 8.64. The molecule has 0 aromatic rings. The Hall–Kier alpha value is -0.0800. The molecule has 0 aliphatic heterocycles. The summed E-state index contributed by atoms with van der Waals surface area (Å²) in [5, 5.41) is 3.42. The van der Waals surface area contributed by atoms with E-state index in [-0.39, 0.29) is 0 Å². The van der Waals surface area contributed by atoms with Crippen LogP contribution in [0.25, 0.3) is 0 Å². The van der Waals surface area contributed by atoms with Crippen LogP contribution in [0.3, 0.4) is 0 Å². The van der Waals surface area contributed by atoms with Gasteiger partial charge in [0.2, 0.25) is 0 Å². The smallest absolute Gasteiger partial charge is 0.0220 e. The molecular formula is C10H22N2. The molecule has 0 spiro atoms.